The molecule has 1 aliphatic heterocycles. The Morgan fingerprint density at radius 2 is 1.96 bits per heavy atom. The lowest BCUT2D eigenvalue weighted by atomic mass is 10.2. The number of thiophene rings is 1. The Morgan fingerprint density at radius 3 is 2.58 bits per heavy atom. The van der Waals surface area contributed by atoms with E-state index in [0.29, 0.717) is 38.4 Å². The topological polar surface area (TPSA) is 56.8 Å². The van der Waals surface area contributed by atoms with Gasteiger partial charge in [0, 0.05) is 56.6 Å². The van der Waals surface area contributed by atoms with Gasteiger partial charge < -0.3 is 9.80 Å². The molecule has 3 heterocycles. The molecule has 0 aromatic carbocycles. The van der Waals surface area contributed by atoms with Crippen molar-refractivity contribution in [2.75, 3.05) is 46.8 Å². The summed E-state index contributed by atoms with van der Waals surface area (Å²) in [5.41, 5.74) is 1.58. The number of thiazole rings is 1. The van der Waals surface area contributed by atoms with Gasteiger partial charge >= 0.3 is 0 Å². The van der Waals surface area contributed by atoms with Gasteiger partial charge in [-0.2, -0.15) is 11.3 Å². The zero-order valence-corrected chi connectivity index (χ0v) is 15.4. The van der Waals surface area contributed by atoms with Crippen LogP contribution in [0.1, 0.15) is 10.5 Å². The van der Waals surface area contributed by atoms with Crippen molar-refractivity contribution in [2.45, 2.75) is 0 Å². The number of hydrogen-bond donors (Lipinski definition) is 0. The number of piperazine rings is 1. The average Bonchev–Trinajstić information content (AvgIpc) is 3.26. The van der Waals surface area contributed by atoms with Gasteiger partial charge in [0.15, 0.2) is 0 Å². The summed E-state index contributed by atoms with van der Waals surface area (Å²) in [6.07, 6.45) is 0. The Labute approximate surface area is 149 Å². The number of likely N-dealkylation sites (N-methyl/N-ethyl adjacent to an activating group) is 1. The molecule has 24 heavy (non-hydrogen) atoms. The van der Waals surface area contributed by atoms with Gasteiger partial charge in [0.25, 0.3) is 5.91 Å². The Hall–Kier alpha value is -1.77. The standard InChI is InChI=1S/C16H20N4O2S2/c1-18(2)14(21)9-19-4-6-20(7-5-19)16(22)13-11-24-15(17-13)12-3-8-23-10-12/h3,8,10-11H,4-7,9H2,1-2H3. The van der Waals surface area contributed by atoms with Crippen LogP contribution in [-0.4, -0.2) is 78.3 Å². The van der Waals surface area contributed by atoms with Crippen LogP contribution in [0.5, 0.6) is 0 Å². The zero-order valence-electron chi connectivity index (χ0n) is 13.8. The van der Waals surface area contributed by atoms with E-state index in [4.69, 9.17) is 0 Å². The van der Waals surface area contributed by atoms with Crippen LogP contribution in [-0.2, 0) is 4.79 Å². The minimum absolute atomic E-state index is 0.0219. The van der Waals surface area contributed by atoms with E-state index in [9.17, 15) is 9.59 Å². The van der Waals surface area contributed by atoms with E-state index in [1.165, 1.54) is 11.3 Å². The molecule has 6 nitrogen and oxygen atoms in total. The quantitative estimate of drug-likeness (QED) is 0.829. The van der Waals surface area contributed by atoms with Crippen LogP contribution in [0.25, 0.3) is 10.6 Å². The normalized spacial score (nSPS) is 15.5. The van der Waals surface area contributed by atoms with E-state index in [0.717, 1.165) is 10.6 Å². The molecule has 0 spiro atoms. The highest BCUT2D eigenvalue weighted by Gasteiger charge is 2.25. The summed E-state index contributed by atoms with van der Waals surface area (Å²) in [5.74, 6) is 0.0704. The van der Waals surface area contributed by atoms with Crippen LogP contribution in [0.4, 0.5) is 0 Å². The highest BCUT2D eigenvalue weighted by atomic mass is 32.1. The first-order chi connectivity index (χ1) is 11.5. The van der Waals surface area contributed by atoms with Crippen LogP contribution in [0.15, 0.2) is 22.2 Å². The average molecular weight is 364 g/mol. The highest BCUT2D eigenvalue weighted by Crippen LogP contribution is 2.26. The van der Waals surface area contributed by atoms with Gasteiger partial charge in [0.05, 0.1) is 6.54 Å². The number of carbonyl (C=O) groups is 2. The lowest BCUT2D eigenvalue weighted by Gasteiger charge is -2.34. The Bertz CT molecular complexity index is 703. The largest absolute Gasteiger partial charge is 0.348 e. The fourth-order valence-electron chi connectivity index (χ4n) is 2.49. The minimum atomic E-state index is -0.0219. The van der Waals surface area contributed by atoms with Crippen LogP contribution in [0.2, 0.25) is 0 Å². The summed E-state index contributed by atoms with van der Waals surface area (Å²) in [6, 6.07) is 2.01. The zero-order chi connectivity index (χ0) is 17.1. The predicted octanol–water partition coefficient (Wildman–Crippen LogP) is 1.72. The fraction of sp³-hybridized carbons (Fsp3) is 0.438. The molecule has 0 atom stereocenters. The molecule has 128 valence electrons. The first-order valence-corrected chi connectivity index (χ1v) is 9.56. The molecule has 2 aromatic rings. The Morgan fingerprint density at radius 1 is 1.21 bits per heavy atom. The molecule has 0 unspecified atom stereocenters. The lowest BCUT2D eigenvalue weighted by molar-refractivity contribution is -0.130. The van der Waals surface area contributed by atoms with Crippen molar-refractivity contribution < 1.29 is 9.59 Å². The van der Waals surface area contributed by atoms with Crippen molar-refractivity contribution in [3.63, 3.8) is 0 Å². The molecule has 0 saturated carbocycles. The molecular weight excluding hydrogens is 344 g/mol. The molecule has 1 aliphatic rings. The number of rotatable bonds is 4. The second kappa shape index (κ2) is 7.42. The van der Waals surface area contributed by atoms with E-state index in [1.807, 2.05) is 27.1 Å². The van der Waals surface area contributed by atoms with Crippen molar-refractivity contribution in [3.8, 4) is 10.6 Å². The van der Waals surface area contributed by atoms with Crippen LogP contribution in [0.3, 0.4) is 0 Å². The van der Waals surface area contributed by atoms with Gasteiger partial charge in [-0.15, -0.1) is 11.3 Å². The number of carbonyl (C=O) groups excluding carboxylic acids is 2. The maximum absolute atomic E-state index is 12.6. The van der Waals surface area contributed by atoms with Gasteiger partial charge in [-0.3, -0.25) is 14.5 Å². The highest BCUT2D eigenvalue weighted by molar-refractivity contribution is 7.14. The van der Waals surface area contributed by atoms with Crippen molar-refractivity contribution in [2.24, 2.45) is 0 Å². The number of aromatic nitrogens is 1. The Balaban J connectivity index is 1.57. The molecule has 2 aromatic heterocycles. The van der Waals surface area contributed by atoms with Gasteiger partial charge in [-0.1, -0.05) is 0 Å². The van der Waals surface area contributed by atoms with Crippen LogP contribution in [0, 0.1) is 0 Å². The summed E-state index contributed by atoms with van der Waals surface area (Å²) < 4.78 is 0. The molecule has 8 heteroatoms. The second-order valence-corrected chi connectivity index (χ2v) is 7.54. The van der Waals surface area contributed by atoms with E-state index in [2.05, 4.69) is 9.88 Å². The first-order valence-electron chi connectivity index (χ1n) is 7.74. The number of hydrogen-bond acceptors (Lipinski definition) is 6. The summed E-state index contributed by atoms with van der Waals surface area (Å²) in [5, 5.41) is 6.76. The maximum atomic E-state index is 12.6. The molecular formula is C16H20N4O2S2. The van der Waals surface area contributed by atoms with Gasteiger partial charge in [-0.05, 0) is 11.4 Å². The predicted molar refractivity (Wildman–Crippen MR) is 96.5 cm³/mol. The van der Waals surface area contributed by atoms with Crippen molar-refractivity contribution >= 4 is 34.5 Å². The molecule has 0 bridgehead atoms. The van der Waals surface area contributed by atoms with Crippen molar-refractivity contribution in [1.82, 2.24) is 19.7 Å². The molecule has 0 radical (unpaired) electrons. The van der Waals surface area contributed by atoms with Gasteiger partial charge in [0.1, 0.15) is 10.7 Å². The summed E-state index contributed by atoms with van der Waals surface area (Å²) in [4.78, 5) is 34.3. The minimum Gasteiger partial charge on any atom is -0.348 e. The summed E-state index contributed by atoms with van der Waals surface area (Å²) in [7, 11) is 3.52. The van der Waals surface area contributed by atoms with E-state index in [1.54, 1.807) is 30.3 Å². The molecule has 0 N–H and O–H groups in total. The summed E-state index contributed by atoms with van der Waals surface area (Å²) >= 11 is 3.12. The van der Waals surface area contributed by atoms with E-state index < -0.39 is 0 Å². The monoisotopic (exact) mass is 364 g/mol. The first kappa shape index (κ1) is 17.1. The third kappa shape index (κ3) is 3.82. The second-order valence-electron chi connectivity index (χ2n) is 5.91. The maximum Gasteiger partial charge on any atom is 0.273 e. The third-order valence-electron chi connectivity index (χ3n) is 4.01. The van der Waals surface area contributed by atoms with Crippen LogP contribution < -0.4 is 0 Å². The van der Waals surface area contributed by atoms with Crippen LogP contribution >= 0.6 is 22.7 Å². The third-order valence-corrected chi connectivity index (χ3v) is 5.58. The molecule has 0 aliphatic carbocycles. The van der Waals surface area contributed by atoms with E-state index in [-0.39, 0.29) is 11.8 Å². The summed E-state index contributed by atoms with van der Waals surface area (Å²) in [6.45, 7) is 3.10. The van der Waals surface area contributed by atoms with Crippen molar-refractivity contribution in [3.05, 3.63) is 27.9 Å². The van der Waals surface area contributed by atoms with E-state index >= 15 is 0 Å². The molecule has 1 saturated heterocycles. The molecule has 3 rings (SSSR count). The Kier molecular flexibility index (Phi) is 5.27. The van der Waals surface area contributed by atoms with Gasteiger partial charge in [-0.25, -0.2) is 4.98 Å². The SMILES string of the molecule is CN(C)C(=O)CN1CCN(C(=O)c2csc(-c3ccsc3)n2)CC1. The lowest BCUT2D eigenvalue weighted by Crippen LogP contribution is -2.51. The van der Waals surface area contributed by atoms with Gasteiger partial charge in [0.2, 0.25) is 5.91 Å². The number of amides is 2. The molecule has 2 amide bonds. The number of nitrogens with zero attached hydrogens (tertiary/aromatic N) is 4. The smallest absolute Gasteiger partial charge is 0.273 e. The van der Waals surface area contributed by atoms with Crippen molar-refractivity contribution in [1.29, 1.82) is 0 Å². The molecule has 1 fully saturated rings. The fourth-order valence-corrected chi connectivity index (χ4v) is 4.00.